The minimum absolute atomic E-state index is 0.0216. The average Bonchev–Trinajstić information content (AvgIpc) is 4.36. The number of fused-ring (bicyclic) bond motifs is 4. The summed E-state index contributed by atoms with van der Waals surface area (Å²) in [6.45, 7) is 7.41. The van der Waals surface area contributed by atoms with Crippen molar-refractivity contribution in [2.75, 3.05) is 81.5 Å². The number of piperazine rings is 1. The monoisotopic (exact) mass is 1140 g/mol. The number of primary amides is 1. The summed E-state index contributed by atoms with van der Waals surface area (Å²) in [7, 11) is 2.02. The van der Waals surface area contributed by atoms with Crippen molar-refractivity contribution in [3.05, 3.63) is 113 Å². The van der Waals surface area contributed by atoms with Crippen LogP contribution < -0.4 is 42.0 Å². The molecule has 79 heavy (non-hydrogen) atoms. The zero-order chi connectivity index (χ0) is 56.3. The molecule has 5 aromatic rings. The first-order chi connectivity index (χ1) is 38.0. The SMILES string of the molecule is CC(C)[C@H](NCCNC(=O)CCCN1C(=O)C=CC1=O)C(=O)N[C@@H](CCCNC(N)=O)C(=O)Nc1ccc(C(=O)Cc2ccc3[nH]c(C(=O)N4C[C@@H](CBr)c5c4cc(OC(=O)N4CCN(C)CC4)c4ccccc54)cc3c2)cc1. The van der Waals surface area contributed by atoms with Crippen LogP contribution in [0.3, 0.4) is 0 Å². The van der Waals surface area contributed by atoms with Crippen molar-refractivity contribution in [1.29, 1.82) is 0 Å². The fourth-order valence-corrected chi connectivity index (χ4v) is 10.5. The van der Waals surface area contributed by atoms with Gasteiger partial charge in [0.1, 0.15) is 17.5 Å². The average molecular weight is 1150 g/mol. The Morgan fingerprint density at radius 3 is 2.24 bits per heavy atom. The predicted octanol–water partition coefficient (Wildman–Crippen LogP) is 4.94. The van der Waals surface area contributed by atoms with Gasteiger partial charge in [0.05, 0.1) is 11.7 Å². The second-order valence-corrected chi connectivity index (χ2v) is 21.0. The lowest BCUT2D eigenvalue weighted by Crippen LogP contribution is -2.54. The molecule has 0 bridgehead atoms. The number of amides is 9. The van der Waals surface area contributed by atoms with Crippen LogP contribution in [0.2, 0.25) is 0 Å². The topological polar surface area (TPSA) is 278 Å². The molecular formula is C57H66BrN11O10. The molecule has 9 amide bonds. The van der Waals surface area contributed by atoms with Crippen LogP contribution in [0.1, 0.15) is 77.4 Å². The van der Waals surface area contributed by atoms with Crippen molar-refractivity contribution in [1.82, 2.24) is 41.0 Å². The normalized spacial score (nSPS) is 16.1. The van der Waals surface area contributed by atoms with Crippen molar-refractivity contribution < 1.29 is 47.9 Å². The number of carbonyl (C=O) groups is 9. The number of nitrogens with one attached hydrogen (secondary N) is 6. The number of nitrogens with zero attached hydrogens (tertiary/aromatic N) is 4. The number of rotatable bonds is 23. The van der Waals surface area contributed by atoms with Gasteiger partial charge in [-0.15, -0.1) is 0 Å². The number of Topliss-reactive ketones (excluding diaryl/α,β-unsaturated/α-hetero) is 1. The number of anilines is 2. The number of urea groups is 1. The number of imide groups is 1. The minimum Gasteiger partial charge on any atom is -0.409 e. The first kappa shape index (κ1) is 57.2. The lowest BCUT2D eigenvalue weighted by molar-refractivity contribution is -0.137. The third kappa shape index (κ3) is 14.2. The zero-order valence-electron chi connectivity index (χ0n) is 44.4. The van der Waals surface area contributed by atoms with E-state index in [-0.39, 0.29) is 74.9 Å². The maximum absolute atomic E-state index is 14.5. The van der Waals surface area contributed by atoms with Gasteiger partial charge in [-0.1, -0.05) is 60.1 Å². The standard InChI is InChI=1S/C57H66BrN11O10/c1-34(2)52(61-22-21-60-48(71)11-7-23-68-49(72)18-19-50(68)73)54(75)65-43(10-6-20-62-56(59)77)53(74)63-39-15-13-36(14-16-39)46(70)29-35-12-17-42-37(28-35)30-44(64-42)55(76)69-33-38(32-58)51-41-9-5-4-8-40(41)47(31-45(51)69)79-57(78)67-26-24-66(3)25-27-67/h4-5,8-9,12-19,28,30-31,34,38,43,52,61,64H,6-7,10-11,20-27,29,32-33H2,1-3H3,(H,60,71)(H,63,74)(H,65,75)(H3,59,62,77)/t38-,43+,52+/m1/s1. The summed E-state index contributed by atoms with van der Waals surface area (Å²) in [6, 6.07) is 20.8. The Hall–Kier alpha value is -7.95. The van der Waals surface area contributed by atoms with Crippen molar-refractivity contribution in [2.24, 2.45) is 11.7 Å². The van der Waals surface area contributed by atoms with Gasteiger partial charge in [-0.25, -0.2) is 9.59 Å². The van der Waals surface area contributed by atoms with Gasteiger partial charge in [0.2, 0.25) is 17.7 Å². The van der Waals surface area contributed by atoms with Gasteiger partial charge in [-0.05, 0) is 91.2 Å². The number of benzene rings is 4. The Morgan fingerprint density at radius 1 is 0.823 bits per heavy atom. The van der Waals surface area contributed by atoms with Crippen LogP contribution in [0.4, 0.5) is 21.0 Å². The van der Waals surface area contributed by atoms with E-state index in [2.05, 4.69) is 52.4 Å². The molecule has 4 aromatic carbocycles. The smallest absolute Gasteiger partial charge is 0.409 e. The highest BCUT2D eigenvalue weighted by Gasteiger charge is 2.36. The molecule has 3 aliphatic rings. The van der Waals surface area contributed by atoms with Crippen molar-refractivity contribution in [2.45, 2.75) is 64.0 Å². The molecule has 0 aliphatic carbocycles. The van der Waals surface area contributed by atoms with Crippen LogP contribution in [0.15, 0.2) is 91.0 Å². The maximum atomic E-state index is 14.5. The van der Waals surface area contributed by atoms with Crippen LogP contribution >= 0.6 is 15.9 Å². The van der Waals surface area contributed by atoms with Gasteiger partial charge in [0.15, 0.2) is 5.78 Å². The second-order valence-electron chi connectivity index (χ2n) is 20.3. The number of nitrogens with two attached hydrogens (primary N) is 1. The summed E-state index contributed by atoms with van der Waals surface area (Å²) < 4.78 is 6.08. The summed E-state index contributed by atoms with van der Waals surface area (Å²) in [4.78, 5) is 126. The molecule has 0 unspecified atom stereocenters. The molecule has 0 radical (unpaired) electrons. The van der Waals surface area contributed by atoms with E-state index in [1.54, 1.807) is 46.2 Å². The quantitative estimate of drug-likeness (QED) is 0.0198. The number of aromatic amines is 1. The number of likely N-dealkylation sites (N-methyl/N-ethyl adjacent to an activating group) is 1. The van der Waals surface area contributed by atoms with E-state index in [1.807, 2.05) is 63.4 Å². The first-order valence-corrected chi connectivity index (χ1v) is 27.6. The number of hydrogen-bond donors (Lipinski definition) is 7. The van der Waals surface area contributed by atoms with Crippen LogP contribution in [0, 0.1) is 5.92 Å². The van der Waals surface area contributed by atoms with E-state index in [0.29, 0.717) is 71.7 Å². The van der Waals surface area contributed by atoms with Crippen LogP contribution in [-0.2, 0) is 30.4 Å². The van der Waals surface area contributed by atoms with E-state index in [4.69, 9.17) is 10.5 Å². The predicted molar refractivity (Wildman–Crippen MR) is 302 cm³/mol. The molecule has 1 saturated heterocycles. The lowest BCUT2D eigenvalue weighted by atomic mass is 9.95. The molecule has 4 heterocycles. The number of carbonyl (C=O) groups excluding carboxylic acids is 9. The highest BCUT2D eigenvalue weighted by molar-refractivity contribution is 9.09. The highest BCUT2D eigenvalue weighted by atomic mass is 79.9. The molecule has 22 heteroatoms. The number of ketones is 1. The minimum atomic E-state index is -1.02. The summed E-state index contributed by atoms with van der Waals surface area (Å²) in [5, 5.41) is 17.1. The van der Waals surface area contributed by atoms with Crippen LogP contribution in [0.25, 0.3) is 21.7 Å². The van der Waals surface area contributed by atoms with E-state index in [9.17, 15) is 43.2 Å². The van der Waals surface area contributed by atoms with Gasteiger partial charge < -0.3 is 56.7 Å². The Morgan fingerprint density at radius 2 is 1.54 bits per heavy atom. The molecular weight excluding hydrogens is 1080 g/mol. The number of halogens is 1. The van der Waals surface area contributed by atoms with Gasteiger partial charge in [-0.3, -0.25) is 38.5 Å². The Bertz CT molecular complexity index is 3150. The second kappa shape index (κ2) is 26.1. The van der Waals surface area contributed by atoms with E-state index in [1.165, 1.54) is 12.2 Å². The molecule has 8 N–H and O–H groups in total. The van der Waals surface area contributed by atoms with E-state index in [0.717, 1.165) is 45.3 Å². The Balaban J connectivity index is 0.871. The molecule has 8 rings (SSSR count). The zero-order valence-corrected chi connectivity index (χ0v) is 46.0. The number of H-pyrrole nitrogens is 1. The number of hydrogen-bond acceptors (Lipinski definition) is 12. The lowest BCUT2D eigenvalue weighted by Gasteiger charge is -2.31. The molecule has 1 fully saturated rings. The summed E-state index contributed by atoms with van der Waals surface area (Å²) in [5.41, 5.74) is 9.49. The maximum Gasteiger partial charge on any atom is 0.415 e. The van der Waals surface area contributed by atoms with Gasteiger partial charge in [0.25, 0.3) is 17.7 Å². The van der Waals surface area contributed by atoms with Gasteiger partial charge in [-0.2, -0.15) is 0 Å². The Labute approximate surface area is 465 Å². The van der Waals surface area contributed by atoms with Gasteiger partial charge in [0, 0.05) is 129 Å². The van der Waals surface area contributed by atoms with E-state index < -0.39 is 47.8 Å². The highest BCUT2D eigenvalue weighted by Crippen LogP contribution is 2.46. The fourth-order valence-electron chi connectivity index (χ4n) is 10.0. The number of alkyl halides is 1. The van der Waals surface area contributed by atoms with Crippen LogP contribution in [-0.4, -0.2) is 156 Å². The van der Waals surface area contributed by atoms with Gasteiger partial charge >= 0.3 is 12.1 Å². The number of aromatic nitrogens is 1. The molecule has 3 atom stereocenters. The molecule has 0 saturated carbocycles. The van der Waals surface area contributed by atoms with Crippen molar-refractivity contribution in [3.63, 3.8) is 0 Å². The molecule has 0 spiro atoms. The van der Waals surface area contributed by atoms with Crippen LogP contribution in [0.5, 0.6) is 5.75 Å². The fraction of sp³-hybridized carbons (Fsp3) is 0.386. The van der Waals surface area contributed by atoms with Crippen molar-refractivity contribution in [3.8, 4) is 5.75 Å². The summed E-state index contributed by atoms with van der Waals surface area (Å²) >= 11 is 3.69. The molecule has 1 aromatic heterocycles. The molecule has 21 nitrogen and oxygen atoms in total. The first-order valence-electron chi connectivity index (χ1n) is 26.5. The largest absolute Gasteiger partial charge is 0.415 e. The summed E-state index contributed by atoms with van der Waals surface area (Å²) in [6.07, 6.45) is 2.87. The van der Waals surface area contributed by atoms with E-state index >= 15 is 0 Å². The number of ether oxygens (including phenoxy) is 1. The third-order valence-corrected chi connectivity index (χ3v) is 15.1. The van der Waals surface area contributed by atoms with Crippen molar-refractivity contribution >= 4 is 102 Å². The Kier molecular flexibility index (Phi) is 18.9. The molecule has 3 aliphatic heterocycles. The summed E-state index contributed by atoms with van der Waals surface area (Å²) in [5.74, 6) is -2.35. The molecule has 416 valence electrons. The third-order valence-electron chi connectivity index (χ3n) is 14.3.